The fourth-order valence-electron chi connectivity index (χ4n) is 3.05. The van der Waals surface area contributed by atoms with Crippen LogP contribution in [0, 0.1) is 0 Å². The molecule has 1 heterocycles. The van der Waals surface area contributed by atoms with Crippen molar-refractivity contribution < 1.29 is 0 Å². The van der Waals surface area contributed by atoms with E-state index in [4.69, 9.17) is 0 Å². The van der Waals surface area contributed by atoms with Crippen LogP contribution in [0.15, 0.2) is 5.57 Å². The molecule has 0 spiro atoms. The zero-order valence-corrected chi connectivity index (χ0v) is 10.6. The molecule has 80 valence electrons. The lowest BCUT2D eigenvalue weighted by molar-refractivity contribution is 0.687. The van der Waals surface area contributed by atoms with Crippen molar-refractivity contribution in [2.24, 2.45) is 0 Å². The minimum absolute atomic E-state index is 0.693. The van der Waals surface area contributed by atoms with Crippen LogP contribution in [0.3, 0.4) is 0 Å². The maximum Gasteiger partial charge on any atom is 0.0342 e. The van der Waals surface area contributed by atoms with E-state index >= 15 is 0 Å². The molecule has 15 heavy (non-hydrogen) atoms. The van der Waals surface area contributed by atoms with Gasteiger partial charge in [0.05, 0.1) is 0 Å². The van der Waals surface area contributed by atoms with Gasteiger partial charge in [-0.25, -0.2) is 0 Å². The molecule has 2 aliphatic carbocycles. The molecule has 3 rings (SSSR count). The van der Waals surface area contributed by atoms with Crippen molar-refractivity contribution >= 4 is 16.9 Å². The largest absolute Gasteiger partial charge is 0.140 e. The molecule has 0 bridgehead atoms. The van der Waals surface area contributed by atoms with E-state index in [1.54, 1.807) is 32.0 Å². The molecule has 1 heteroatoms. The van der Waals surface area contributed by atoms with E-state index in [1.807, 2.05) is 0 Å². The third-order valence-electron chi connectivity index (χ3n) is 4.23. The summed E-state index contributed by atoms with van der Waals surface area (Å²) in [6.45, 7) is 6.99. The standard InChI is InChI=1S/C14H18S/c1-8-9(2)13-11-6-4-5-7-12(11)15-14(13)10(8)3/h9H,4-7H2,1-3H3. The predicted molar refractivity (Wildman–Crippen MR) is 67.6 cm³/mol. The molecule has 1 atom stereocenters. The van der Waals surface area contributed by atoms with E-state index in [9.17, 15) is 0 Å². The van der Waals surface area contributed by atoms with Gasteiger partial charge in [0, 0.05) is 15.7 Å². The summed E-state index contributed by atoms with van der Waals surface area (Å²) >= 11 is 2.08. The summed E-state index contributed by atoms with van der Waals surface area (Å²) in [6.07, 6.45) is 5.49. The molecule has 0 nitrogen and oxygen atoms in total. The van der Waals surface area contributed by atoms with Crippen molar-refractivity contribution in [1.82, 2.24) is 0 Å². The fourth-order valence-corrected chi connectivity index (χ4v) is 4.60. The lowest BCUT2D eigenvalue weighted by Gasteiger charge is -2.15. The highest BCUT2D eigenvalue weighted by Gasteiger charge is 2.30. The van der Waals surface area contributed by atoms with Gasteiger partial charge in [0.2, 0.25) is 0 Å². The SMILES string of the molecule is CC1=C(C)C(C)c2c1sc1c2CCCC1. The highest BCUT2D eigenvalue weighted by Crippen LogP contribution is 2.49. The Labute approximate surface area is 96.0 Å². The zero-order chi connectivity index (χ0) is 10.6. The van der Waals surface area contributed by atoms with Crippen LogP contribution in [-0.2, 0) is 12.8 Å². The summed E-state index contributed by atoms with van der Waals surface area (Å²) in [5, 5.41) is 0. The highest BCUT2D eigenvalue weighted by atomic mass is 32.1. The number of hydrogen-bond acceptors (Lipinski definition) is 1. The van der Waals surface area contributed by atoms with Gasteiger partial charge < -0.3 is 0 Å². The zero-order valence-electron chi connectivity index (χ0n) is 9.81. The Morgan fingerprint density at radius 3 is 2.67 bits per heavy atom. The van der Waals surface area contributed by atoms with Gasteiger partial charge in [-0.05, 0) is 56.2 Å². The first kappa shape index (κ1) is 9.65. The number of fused-ring (bicyclic) bond motifs is 3. The van der Waals surface area contributed by atoms with Gasteiger partial charge in [-0.15, -0.1) is 11.3 Å². The second-order valence-electron chi connectivity index (χ2n) is 4.98. The molecule has 0 saturated carbocycles. The number of thiophene rings is 1. The molecule has 0 fully saturated rings. The lowest BCUT2D eigenvalue weighted by atomic mass is 9.90. The molecule has 1 aromatic heterocycles. The molecule has 1 aromatic rings. The van der Waals surface area contributed by atoms with Crippen LogP contribution in [0.25, 0.3) is 5.57 Å². The summed E-state index contributed by atoms with van der Waals surface area (Å²) in [4.78, 5) is 3.32. The minimum Gasteiger partial charge on any atom is -0.140 e. The molecule has 0 aromatic carbocycles. The van der Waals surface area contributed by atoms with Crippen molar-refractivity contribution in [2.45, 2.75) is 52.4 Å². The number of allylic oxidation sites excluding steroid dienone is 2. The summed E-state index contributed by atoms with van der Waals surface area (Å²) < 4.78 is 0. The third kappa shape index (κ3) is 1.19. The Morgan fingerprint density at radius 1 is 1.13 bits per heavy atom. The van der Waals surface area contributed by atoms with E-state index in [2.05, 4.69) is 32.1 Å². The maximum absolute atomic E-state index is 2.38. The number of rotatable bonds is 0. The van der Waals surface area contributed by atoms with Crippen molar-refractivity contribution in [2.75, 3.05) is 0 Å². The van der Waals surface area contributed by atoms with Crippen LogP contribution in [0.2, 0.25) is 0 Å². The Morgan fingerprint density at radius 2 is 1.87 bits per heavy atom. The fraction of sp³-hybridized carbons (Fsp3) is 0.571. The van der Waals surface area contributed by atoms with Crippen molar-refractivity contribution in [3.63, 3.8) is 0 Å². The molecule has 1 unspecified atom stereocenters. The van der Waals surface area contributed by atoms with Gasteiger partial charge in [0.1, 0.15) is 0 Å². The summed E-state index contributed by atoms with van der Waals surface area (Å²) in [7, 11) is 0. The van der Waals surface area contributed by atoms with Crippen LogP contribution < -0.4 is 0 Å². The second-order valence-corrected chi connectivity index (χ2v) is 6.09. The van der Waals surface area contributed by atoms with E-state index in [0.717, 1.165) is 0 Å². The van der Waals surface area contributed by atoms with Gasteiger partial charge in [-0.2, -0.15) is 0 Å². The average Bonchev–Trinajstić information content (AvgIpc) is 2.72. The molecule has 0 radical (unpaired) electrons. The van der Waals surface area contributed by atoms with Gasteiger partial charge in [0.25, 0.3) is 0 Å². The Bertz CT molecular complexity index is 448. The number of aryl methyl sites for hydroxylation is 1. The summed E-state index contributed by atoms with van der Waals surface area (Å²) in [5.74, 6) is 0.693. The smallest absolute Gasteiger partial charge is 0.0342 e. The Balaban J connectivity index is 2.21. The molecular weight excluding hydrogens is 200 g/mol. The molecule has 0 saturated heterocycles. The Kier molecular flexibility index (Phi) is 2.07. The molecule has 0 N–H and O–H groups in total. The van der Waals surface area contributed by atoms with E-state index < -0.39 is 0 Å². The van der Waals surface area contributed by atoms with Crippen molar-refractivity contribution in [1.29, 1.82) is 0 Å². The molecule has 0 amide bonds. The summed E-state index contributed by atoms with van der Waals surface area (Å²) in [6, 6.07) is 0. The first-order valence-electron chi connectivity index (χ1n) is 6.02. The van der Waals surface area contributed by atoms with Crippen molar-refractivity contribution in [3.8, 4) is 0 Å². The number of hydrogen-bond donors (Lipinski definition) is 0. The van der Waals surface area contributed by atoms with Crippen LogP contribution in [0.1, 0.15) is 60.4 Å². The predicted octanol–water partition coefficient (Wildman–Crippen LogP) is 4.54. The lowest BCUT2D eigenvalue weighted by Crippen LogP contribution is -2.02. The highest BCUT2D eigenvalue weighted by molar-refractivity contribution is 7.13. The Hall–Kier alpha value is -0.560. The van der Waals surface area contributed by atoms with Crippen LogP contribution in [-0.4, -0.2) is 0 Å². The second kappa shape index (κ2) is 3.21. The molecule has 0 aliphatic heterocycles. The van der Waals surface area contributed by atoms with Gasteiger partial charge >= 0.3 is 0 Å². The summed E-state index contributed by atoms with van der Waals surface area (Å²) in [5.41, 5.74) is 6.59. The van der Waals surface area contributed by atoms with Gasteiger partial charge in [-0.3, -0.25) is 0 Å². The first-order chi connectivity index (χ1) is 7.20. The average molecular weight is 218 g/mol. The topological polar surface area (TPSA) is 0 Å². The van der Waals surface area contributed by atoms with Crippen LogP contribution in [0.4, 0.5) is 0 Å². The third-order valence-corrected chi connectivity index (χ3v) is 5.65. The van der Waals surface area contributed by atoms with E-state index in [0.29, 0.717) is 5.92 Å². The normalized spacial score (nSPS) is 24.3. The van der Waals surface area contributed by atoms with E-state index in [-0.39, 0.29) is 0 Å². The van der Waals surface area contributed by atoms with E-state index in [1.165, 1.54) is 25.7 Å². The maximum atomic E-state index is 2.38. The first-order valence-corrected chi connectivity index (χ1v) is 6.84. The van der Waals surface area contributed by atoms with Gasteiger partial charge in [0.15, 0.2) is 0 Å². The quantitative estimate of drug-likeness (QED) is 0.600. The monoisotopic (exact) mass is 218 g/mol. The van der Waals surface area contributed by atoms with Crippen LogP contribution in [0.5, 0.6) is 0 Å². The van der Waals surface area contributed by atoms with Gasteiger partial charge in [-0.1, -0.05) is 12.5 Å². The molecular formula is C14H18S. The molecule has 2 aliphatic rings. The van der Waals surface area contributed by atoms with Crippen molar-refractivity contribution in [3.05, 3.63) is 26.5 Å². The van der Waals surface area contributed by atoms with Crippen LogP contribution >= 0.6 is 11.3 Å². The minimum atomic E-state index is 0.693.